The summed E-state index contributed by atoms with van der Waals surface area (Å²) in [4.78, 5) is 25.5. The van der Waals surface area contributed by atoms with Crippen LogP contribution in [-0.4, -0.2) is 25.2 Å². The van der Waals surface area contributed by atoms with Gasteiger partial charge in [0.2, 0.25) is 0 Å². The van der Waals surface area contributed by atoms with Crippen LogP contribution in [-0.2, 0) is 4.79 Å². The van der Waals surface area contributed by atoms with Crippen LogP contribution in [0.2, 0.25) is 0 Å². The van der Waals surface area contributed by atoms with Crippen molar-refractivity contribution in [3.63, 3.8) is 0 Å². The first-order valence-corrected chi connectivity index (χ1v) is 10.3. The maximum atomic E-state index is 13.2. The number of nitrogens with one attached hydrogen (secondary N) is 3. The summed E-state index contributed by atoms with van der Waals surface area (Å²) in [6.07, 6.45) is 5.29. The van der Waals surface area contributed by atoms with Crippen LogP contribution in [0.5, 0.6) is 11.5 Å². The highest BCUT2D eigenvalue weighted by Crippen LogP contribution is 2.35. The van der Waals surface area contributed by atoms with Gasteiger partial charge in [0.25, 0.3) is 5.91 Å². The summed E-state index contributed by atoms with van der Waals surface area (Å²) in [5.74, 6) is 3.09. The quantitative estimate of drug-likeness (QED) is 0.577. The Morgan fingerprint density at radius 2 is 1.88 bits per heavy atom. The summed E-state index contributed by atoms with van der Waals surface area (Å²) in [6, 6.07) is 9.91. The van der Waals surface area contributed by atoms with E-state index >= 15 is 0 Å². The number of allylic oxidation sites excluding steroid dienone is 1. The molecule has 32 heavy (non-hydrogen) atoms. The van der Waals surface area contributed by atoms with Crippen molar-refractivity contribution in [3.05, 3.63) is 64.4 Å². The molecule has 3 rings (SSSR count). The number of carbonyl (C=O) groups excluding carboxylic acids is 2. The lowest BCUT2D eigenvalue weighted by atomic mass is 9.94. The Hall–Kier alpha value is -3.92. The van der Waals surface area contributed by atoms with Crippen LogP contribution in [0.3, 0.4) is 0 Å². The number of carbonyl (C=O) groups is 2. The van der Waals surface area contributed by atoms with E-state index in [2.05, 4.69) is 21.9 Å². The summed E-state index contributed by atoms with van der Waals surface area (Å²) in [7, 11) is 0. The minimum Gasteiger partial charge on any atom is -0.490 e. The van der Waals surface area contributed by atoms with Gasteiger partial charge in [0, 0.05) is 11.4 Å². The lowest BCUT2D eigenvalue weighted by Gasteiger charge is -2.29. The largest absolute Gasteiger partial charge is 0.490 e. The fraction of sp³-hybridized carbons (Fsp3) is 0.280. The number of urea groups is 1. The van der Waals surface area contributed by atoms with E-state index < -0.39 is 6.04 Å². The van der Waals surface area contributed by atoms with Gasteiger partial charge in [0.1, 0.15) is 6.61 Å². The molecule has 7 heteroatoms. The lowest BCUT2D eigenvalue weighted by molar-refractivity contribution is -0.113. The molecule has 0 saturated heterocycles. The normalized spacial score (nSPS) is 15.3. The van der Waals surface area contributed by atoms with Crippen molar-refractivity contribution in [2.24, 2.45) is 0 Å². The van der Waals surface area contributed by atoms with E-state index in [0.717, 1.165) is 11.1 Å². The van der Waals surface area contributed by atoms with Gasteiger partial charge in [-0.1, -0.05) is 18.1 Å². The van der Waals surface area contributed by atoms with Crippen LogP contribution >= 0.6 is 0 Å². The maximum absolute atomic E-state index is 13.2. The van der Waals surface area contributed by atoms with Crippen LogP contribution < -0.4 is 25.4 Å². The Balaban J connectivity index is 1.96. The van der Waals surface area contributed by atoms with Gasteiger partial charge in [-0.3, -0.25) is 4.79 Å². The van der Waals surface area contributed by atoms with Gasteiger partial charge in [-0.05, 0) is 68.7 Å². The molecule has 0 radical (unpaired) electrons. The molecule has 7 nitrogen and oxygen atoms in total. The number of anilines is 1. The number of ether oxygens (including phenoxy) is 2. The van der Waals surface area contributed by atoms with Crippen molar-refractivity contribution in [2.75, 3.05) is 18.5 Å². The Kier molecular flexibility index (Phi) is 7.06. The molecule has 1 aliphatic rings. The second kappa shape index (κ2) is 9.92. The highest BCUT2D eigenvalue weighted by molar-refractivity contribution is 6.06. The number of benzene rings is 2. The van der Waals surface area contributed by atoms with E-state index in [-0.39, 0.29) is 18.5 Å². The molecule has 3 N–H and O–H groups in total. The first-order valence-electron chi connectivity index (χ1n) is 10.3. The number of terminal acetylenes is 1. The second-order valence-corrected chi connectivity index (χ2v) is 7.46. The van der Waals surface area contributed by atoms with Crippen molar-refractivity contribution in [1.82, 2.24) is 10.6 Å². The summed E-state index contributed by atoms with van der Waals surface area (Å²) >= 11 is 0. The average Bonchev–Trinajstić information content (AvgIpc) is 2.75. The summed E-state index contributed by atoms with van der Waals surface area (Å²) < 4.78 is 11.2. The lowest BCUT2D eigenvalue weighted by Crippen LogP contribution is -2.46. The van der Waals surface area contributed by atoms with Gasteiger partial charge in [0.05, 0.1) is 18.2 Å². The predicted octanol–water partition coefficient (Wildman–Crippen LogP) is 3.98. The van der Waals surface area contributed by atoms with Crippen molar-refractivity contribution >= 4 is 17.6 Å². The number of amides is 3. The molecule has 0 fully saturated rings. The first-order chi connectivity index (χ1) is 15.3. The highest BCUT2D eigenvalue weighted by Gasteiger charge is 2.32. The molecule has 1 atom stereocenters. The smallest absolute Gasteiger partial charge is 0.319 e. The van der Waals surface area contributed by atoms with Gasteiger partial charge in [-0.15, -0.1) is 6.42 Å². The molecule has 0 bridgehead atoms. The molecular weight excluding hydrogens is 406 g/mol. The van der Waals surface area contributed by atoms with E-state index in [1.165, 1.54) is 0 Å². The number of hydrogen-bond acceptors (Lipinski definition) is 4. The minimum atomic E-state index is -0.670. The zero-order valence-electron chi connectivity index (χ0n) is 18.7. The van der Waals surface area contributed by atoms with E-state index in [0.29, 0.717) is 40.6 Å². The van der Waals surface area contributed by atoms with E-state index in [1.54, 1.807) is 25.1 Å². The van der Waals surface area contributed by atoms with Crippen molar-refractivity contribution < 1.29 is 19.1 Å². The third kappa shape index (κ3) is 5.03. The number of hydrogen-bond donors (Lipinski definition) is 3. The van der Waals surface area contributed by atoms with E-state index in [1.807, 2.05) is 39.0 Å². The molecule has 1 aliphatic heterocycles. The topological polar surface area (TPSA) is 88.7 Å². The van der Waals surface area contributed by atoms with Crippen molar-refractivity contribution in [3.8, 4) is 23.8 Å². The fourth-order valence-corrected chi connectivity index (χ4v) is 3.47. The summed E-state index contributed by atoms with van der Waals surface area (Å²) in [5, 5.41) is 8.46. The van der Waals surface area contributed by atoms with Gasteiger partial charge < -0.3 is 25.4 Å². The number of rotatable bonds is 7. The molecule has 1 unspecified atom stereocenters. The van der Waals surface area contributed by atoms with Crippen molar-refractivity contribution in [1.29, 1.82) is 0 Å². The van der Waals surface area contributed by atoms with Gasteiger partial charge >= 0.3 is 6.03 Å². The van der Waals surface area contributed by atoms with E-state index in [9.17, 15) is 9.59 Å². The average molecular weight is 434 g/mol. The Labute approximate surface area is 188 Å². The third-order valence-corrected chi connectivity index (χ3v) is 5.19. The van der Waals surface area contributed by atoms with Crippen LogP contribution in [0, 0.1) is 26.2 Å². The molecule has 3 amide bonds. The van der Waals surface area contributed by atoms with Crippen molar-refractivity contribution in [2.45, 2.75) is 33.7 Å². The second-order valence-electron chi connectivity index (χ2n) is 7.46. The fourth-order valence-electron chi connectivity index (χ4n) is 3.47. The van der Waals surface area contributed by atoms with Crippen LogP contribution in [0.4, 0.5) is 10.5 Å². The van der Waals surface area contributed by atoms with E-state index in [4.69, 9.17) is 15.9 Å². The van der Waals surface area contributed by atoms with Gasteiger partial charge in [-0.25, -0.2) is 4.79 Å². The first kappa shape index (κ1) is 22.8. The predicted molar refractivity (Wildman–Crippen MR) is 124 cm³/mol. The monoisotopic (exact) mass is 433 g/mol. The van der Waals surface area contributed by atoms with Gasteiger partial charge in [0.15, 0.2) is 11.5 Å². The standard InChI is InChI=1S/C25H27N3O4/c1-6-12-32-20-11-9-18(14-21(20)31-7-2)23-22(17(5)26-25(30)28-23)24(29)27-19-10-8-15(3)16(4)13-19/h1,8-11,13-14,23H,7,12H2,2-5H3,(H,27,29)(H2,26,28,30). The van der Waals surface area contributed by atoms with Gasteiger partial charge in [-0.2, -0.15) is 0 Å². The number of aryl methyl sites for hydroxylation is 2. The molecule has 0 aromatic heterocycles. The van der Waals surface area contributed by atoms with Crippen LogP contribution in [0.15, 0.2) is 47.7 Å². The zero-order valence-corrected chi connectivity index (χ0v) is 18.7. The highest BCUT2D eigenvalue weighted by atomic mass is 16.5. The Morgan fingerprint density at radius 1 is 1.09 bits per heavy atom. The third-order valence-electron chi connectivity index (χ3n) is 5.19. The SMILES string of the molecule is C#CCOc1ccc(C2NC(=O)NC(C)=C2C(=O)Nc2ccc(C)c(C)c2)cc1OCC. The molecular formula is C25H27N3O4. The molecule has 2 aromatic carbocycles. The molecule has 2 aromatic rings. The molecule has 0 saturated carbocycles. The van der Waals surface area contributed by atoms with Crippen LogP contribution in [0.25, 0.3) is 0 Å². The Morgan fingerprint density at radius 3 is 2.56 bits per heavy atom. The maximum Gasteiger partial charge on any atom is 0.319 e. The zero-order chi connectivity index (χ0) is 23.3. The Bertz CT molecular complexity index is 1110. The molecule has 0 spiro atoms. The summed E-state index contributed by atoms with van der Waals surface area (Å²) in [5.41, 5.74) is 4.46. The minimum absolute atomic E-state index is 0.103. The molecule has 166 valence electrons. The van der Waals surface area contributed by atoms with Crippen LogP contribution in [0.1, 0.15) is 36.6 Å². The molecule has 0 aliphatic carbocycles. The molecule has 1 heterocycles. The summed E-state index contributed by atoms with van der Waals surface area (Å²) in [6.45, 7) is 8.08.